The molecule has 4 rings (SSSR count). The fourth-order valence-corrected chi connectivity index (χ4v) is 4.40. The van der Waals surface area contributed by atoms with E-state index in [2.05, 4.69) is 71.0 Å². The Hall–Kier alpha value is -2.51. The van der Waals surface area contributed by atoms with E-state index in [-0.39, 0.29) is 0 Å². The largest absolute Gasteiger partial charge is 0.383 e. The Morgan fingerprint density at radius 3 is 2.18 bits per heavy atom. The summed E-state index contributed by atoms with van der Waals surface area (Å²) in [5.74, 6) is 0.415. The Balaban J connectivity index is 1.97. The predicted octanol–water partition coefficient (Wildman–Crippen LogP) is 5.53. The SMILES string of the molecule is CN(C)c1ccc(-c2cc(-c3cc(Br)cc(Br)c3)c3c(N)ncnc3n2)cc1. The van der Waals surface area contributed by atoms with E-state index in [1.807, 2.05) is 38.4 Å². The molecule has 0 atom stereocenters. The molecule has 2 aromatic heterocycles. The van der Waals surface area contributed by atoms with Crippen LogP contribution in [0.5, 0.6) is 0 Å². The molecule has 28 heavy (non-hydrogen) atoms. The van der Waals surface area contributed by atoms with Gasteiger partial charge in [-0.25, -0.2) is 15.0 Å². The molecule has 0 bridgehead atoms. The zero-order valence-corrected chi connectivity index (χ0v) is 18.5. The molecule has 0 aliphatic heterocycles. The summed E-state index contributed by atoms with van der Waals surface area (Å²) in [6.45, 7) is 0. The maximum absolute atomic E-state index is 6.19. The zero-order chi connectivity index (χ0) is 19.8. The number of aromatic nitrogens is 3. The lowest BCUT2D eigenvalue weighted by molar-refractivity contribution is 1.13. The molecule has 0 fully saturated rings. The predicted molar refractivity (Wildman–Crippen MR) is 122 cm³/mol. The Kier molecular flexibility index (Phi) is 5.03. The van der Waals surface area contributed by atoms with E-state index in [1.165, 1.54) is 6.33 Å². The summed E-state index contributed by atoms with van der Waals surface area (Å²) in [6.07, 6.45) is 1.45. The first-order valence-electron chi connectivity index (χ1n) is 8.58. The van der Waals surface area contributed by atoms with Crippen molar-refractivity contribution in [2.75, 3.05) is 24.7 Å². The van der Waals surface area contributed by atoms with Crippen molar-refractivity contribution in [2.24, 2.45) is 0 Å². The van der Waals surface area contributed by atoms with Gasteiger partial charge in [0.05, 0.1) is 11.1 Å². The minimum Gasteiger partial charge on any atom is -0.383 e. The molecule has 2 heterocycles. The van der Waals surface area contributed by atoms with Crippen molar-refractivity contribution in [2.45, 2.75) is 0 Å². The lowest BCUT2D eigenvalue weighted by atomic mass is 10.00. The topological polar surface area (TPSA) is 67.9 Å². The van der Waals surface area contributed by atoms with Crippen LogP contribution in [0.4, 0.5) is 11.5 Å². The molecule has 5 nitrogen and oxygen atoms in total. The molecule has 0 aliphatic rings. The van der Waals surface area contributed by atoms with Gasteiger partial charge in [0, 0.05) is 34.3 Å². The van der Waals surface area contributed by atoms with Gasteiger partial charge in [-0.3, -0.25) is 0 Å². The first-order chi connectivity index (χ1) is 13.4. The fourth-order valence-electron chi connectivity index (χ4n) is 3.10. The van der Waals surface area contributed by atoms with Crippen molar-refractivity contribution in [3.05, 3.63) is 63.8 Å². The Morgan fingerprint density at radius 2 is 1.54 bits per heavy atom. The van der Waals surface area contributed by atoms with E-state index < -0.39 is 0 Å². The fraction of sp³-hybridized carbons (Fsp3) is 0.0952. The molecule has 140 valence electrons. The first-order valence-corrected chi connectivity index (χ1v) is 10.2. The Morgan fingerprint density at radius 1 is 0.857 bits per heavy atom. The Bertz CT molecular complexity index is 1150. The average Bonchev–Trinajstić information content (AvgIpc) is 2.66. The molecule has 0 spiro atoms. The third kappa shape index (κ3) is 3.59. The summed E-state index contributed by atoms with van der Waals surface area (Å²) >= 11 is 7.13. The van der Waals surface area contributed by atoms with E-state index in [9.17, 15) is 0 Å². The summed E-state index contributed by atoms with van der Waals surface area (Å²) in [4.78, 5) is 15.3. The smallest absolute Gasteiger partial charge is 0.165 e. The molecule has 0 radical (unpaired) electrons. The number of rotatable bonds is 3. The molecule has 0 saturated carbocycles. The van der Waals surface area contributed by atoms with Crippen molar-refractivity contribution in [3.63, 3.8) is 0 Å². The number of hydrogen-bond donors (Lipinski definition) is 1. The highest BCUT2D eigenvalue weighted by Crippen LogP contribution is 2.36. The molecule has 7 heteroatoms. The van der Waals surface area contributed by atoms with Crippen molar-refractivity contribution in [1.82, 2.24) is 15.0 Å². The first kappa shape index (κ1) is 18.8. The maximum Gasteiger partial charge on any atom is 0.165 e. The lowest BCUT2D eigenvalue weighted by Gasteiger charge is -2.14. The standard InChI is InChI=1S/C21H17Br2N5/c1-28(2)16-5-3-12(4-6-16)18-10-17(13-7-14(22)9-15(23)8-13)19-20(24)25-11-26-21(19)27-18/h3-11H,1-2H3,(H2,24,25,26,27). The molecule has 0 amide bonds. The highest BCUT2D eigenvalue weighted by molar-refractivity contribution is 9.11. The van der Waals surface area contributed by atoms with Crippen molar-refractivity contribution < 1.29 is 0 Å². The Labute approximate surface area is 179 Å². The van der Waals surface area contributed by atoms with Gasteiger partial charge in [0.25, 0.3) is 0 Å². The van der Waals surface area contributed by atoms with Gasteiger partial charge in [0.15, 0.2) is 5.65 Å². The lowest BCUT2D eigenvalue weighted by Crippen LogP contribution is -2.08. The summed E-state index contributed by atoms with van der Waals surface area (Å²) in [5.41, 5.74) is 11.7. The number of nitrogens with two attached hydrogens (primary N) is 1. The van der Waals surface area contributed by atoms with Gasteiger partial charge >= 0.3 is 0 Å². The molecular formula is C21H17Br2N5. The highest BCUT2D eigenvalue weighted by atomic mass is 79.9. The summed E-state index contributed by atoms with van der Waals surface area (Å²) < 4.78 is 1.93. The molecule has 0 unspecified atom stereocenters. The number of pyridine rings is 1. The van der Waals surface area contributed by atoms with Crippen LogP contribution in [0.3, 0.4) is 0 Å². The second-order valence-electron chi connectivity index (χ2n) is 6.61. The van der Waals surface area contributed by atoms with Gasteiger partial charge in [0.2, 0.25) is 0 Å². The molecule has 2 N–H and O–H groups in total. The van der Waals surface area contributed by atoms with Crippen molar-refractivity contribution in [3.8, 4) is 22.4 Å². The van der Waals surface area contributed by atoms with E-state index in [0.29, 0.717) is 11.5 Å². The van der Waals surface area contributed by atoms with Gasteiger partial charge in [-0.15, -0.1) is 0 Å². The maximum atomic E-state index is 6.19. The monoisotopic (exact) mass is 497 g/mol. The van der Waals surface area contributed by atoms with Gasteiger partial charge < -0.3 is 10.6 Å². The minimum atomic E-state index is 0.415. The summed E-state index contributed by atoms with van der Waals surface area (Å²) in [6, 6.07) is 16.4. The number of anilines is 2. The van der Waals surface area contributed by atoms with Gasteiger partial charge in [-0.2, -0.15) is 0 Å². The third-order valence-electron chi connectivity index (χ3n) is 4.49. The van der Waals surface area contributed by atoms with E-state index in [4.69, 9.17) is 10.7 Å². The average molecular weight is 499 g/mol. The van der Waals surface area contributed by atoms with Crippen LogP contribution in [0, 0.1) is 0 Å². The number of fused-ring (bicyclic) bond motifs is 1. The normalized spacial score (nSPS) is 11.0. The van der Waals surface area contributed by atoms with Crippen LogP contribution in [0.1, 0.15) is 0 Å². The van der Waals surface area contributed by atoms with E-state index in [1.54, 1.807) is 0 Å². The van der Waals surface area contributed by atoms with Gasteiger partial charge in [-0.05, 0) is 47.5 Å². The molecule has 2 aromatic carbocycles. The number of halogens is 2. The van der Waals surface area contributed by atoms with Crippen LogP contribution >= 0.6 is 31.9 Å². The van der Waals surface area contributed by atoms with E-state index >= 15 is 0 Å². The summed E-state index contributed by atoms with van der Waals surface area (Å²) in [7, 11) is 4.04. The summed E-state index contributed by atoms with van der Waals surface area (Å²) in [5, 5.41) is 0.751. The van der Waals surface area contributed by atoms with Crippen LogP contribution in [0.15, 0.2) is 63.8 Å². The molecule has 0 saturated heterocycles. The van der Waals surface area contributed by atoms with Crippen LogP contribution < -0.4 is 10.6 Å². The van der Waals surface area contributed by atoms with Crippen LogP contribution in [0.2, 0.25) is 0 Å². The van der Waals surface area contributed by atoms with Gasteiger partial charge in [0.1, 0.15) is 12.1 Å². The molecule has 0 aliphatic carbocycles. The highest BCUT2D eigenvalue weighted by Gasteiger charge is 2.14. The number of hydrogen-bond acceptors (Lipinski definition) is 5. The number of nitrogen functional groups attached to an aromatic ring is 1. The number of benzene rings is 2. The molecule has 4 aromatic rings. The van der Waals surface area contributed by atoms with E-state index in [0.717, 1.165) is 42.4 Å². The van der Waals surface area contributed by atoms with Crippen molar-refractivity contribution >= 4 is 54.4 Å². The number of nitrogens with zero attached hydrogens (tertiary/aromatic N) is 4. The van der Waals surface area contributed by atoms with Gasteiger partial charge in [-0.1, -0.05) is 44.0 Å². The second-order valence-corrected chi connectivity index (χ2v) is 8.44. The second kappa shape index (κ2) is 7.48. The van der Waals surface area contributed by atoms with Crippen LogP contribution in [0.25, 0.3) is 33.4 Å². The van der Waals surface area contributed by atoms with Crippen LogP contribution in [-0.4, -0.2) is 29.0 Å². The quantitative estimate of drug-likeness (QED) is 0.402. The third-order valence-corrected chi connectivity index (χ3v) is 5.40. The van der Waals surface area contributed by atoms with Crippen molar-refractivity contribution in [1.29, 1.82) is 0 Å². The van der Waals surface area contributed by atoms with Crippen LogP contribution in [-0.2, 0) is 0 Å². The minimum absolute atomic E-state index is 0.415. The zero-order valence-electron chi connectivity index (χ0n) is 15.3. The molecular weight excluding hydrogens is 482 g/mol.